The number of ether oxygens (including phenoxy) is 1. The van der Waals surface area contributed by atoms with Crippen molar-refractivity contribution in [3.8, 4) is 0 Å². The summed E-state index contributed by atoms with van der Waals surface area (Å²) >= 11 is 1.66. The van der Waals surface area contributed by atoms with Gasteiger partial charge in [-0.1, -0.05) is 18.7 Å². The Balaban J connectivity index is 1.66. The first-order valence-electron chi connectivity index (χ1n) is 10.7. The van der Waals surface area contributed by atoms with Crippen molar-refractivity contribution in [1.82, 2.24) is 25.1 Å². The van der Waals surface area contributed by atoms with Gasteiger partial charge < -0.3 is 15.0 Å². The molecule has 0 spiro atoms. The number of nitrogens with one attached hydrogen (secondary N) is 1. The van der Waals surface area contributed by atoms with Crippen LogP contribution < -0.4 is 10.2 Å². The maximum atomic E-state index is 12.0. The van der Waals surface area contributed by atoms with Crippen molar-refractivity contribution in [2.24, 2.45) is 0 Å². The molecule has 9 nitrogen and oxygen atoms in total. The highest BCUT2D eigenvalue weighted by atomic mass is 32.2. The minimum Gasteiger partial charge on any atom is -0.466 e. The van der Waals surface area contributed by atoms with Crippen LogP contribution in [0.25, 0.3) is 11.0 Å². The highest BCUT2D eigenvalue weighted by Crippen LogP contribution is 2.29. The van der Waals surface area contributed by atoms with Crippen LogP contribution in [0.5, 0.6) is 0 Å². The third kappa shape index (κ3) is 5.84. The predicted octanol–water partition coefficient (Wildman–Crippen LogP) is 2.39. The number of anilines is 1. The Morgan fingerprint density at radius 2 is 2.00 bits per heavy atom. The second-order valence-electron chi connectivity index (χ2n) is 7.13. The van der Waals surface area contributed by atoms with E-state index in [1.165, 1.54) is 12.8 Å². The van der Waals surface area contributed by atoms with Crippen molar-refractivity contribution in [2.75, 3.05) is 36.9 Å². The van der Waals surface area contributed by atoms with Gasteiger partial charge in [0.1, 0.15) is 5.82 Å². The fourth-order valence-electron chi connectivity index (χ4n) is 3.35. The van der Waals surface area contributed by atoms with Crippen molar-refractivity contribution in [1.29, 1.82) is 0 Å². The maximum absolute atomic E-state index is 12.0. The first-order chi connectivity index (χ1) is 14.6. The smallest absolute Gasteiger partial charge is 0.306 e. The molecular weight excluding hydrogens is 404 g/mol. The molecule has 30 heavy (non-hydrogen) atoms. The summed E-state index contributed by atoms with van der Waals surface area (Å²) in [7, 11) is 0. The molecule has 1 aliphatic heterocycles. The molecule has 1 fully saturated rings. The average Bonchev–Trinajstić information content (AvgIpc) is 3.41. The van der Waals surface area contributed by atoms with E-state index in [1.54, 1.807) is 18.7 Å². The number of fused-ring (bicyclic) bond motifs is 1. The molecule has 2 aromatic rings. The first-order valence-corrected chi connectivity index (χ1v) is 11.6. The highest BCUT2D eigenvalue weighted by Gasteiger charge is 2.20. The van der Waals surface area contributed by atoms with Gasteiger partial charge in [0, 0.05) is 31.8 Å². The van der Waals surface area contributed by atoms with E-state index < -0.39 is 0 Å². The zero-order chi connectivity index (χ0) is 21.3. The van der Waals surface area contributed by atoms with Crippen LogP contribution in [0.1, 0.15) is 46.0 Å². The van der Waals surface area contributed by atoms with E-state index in [0.29, 0.717) is 19.7 Å². The highest BCUT2D eigenvalue weighted by molar-refractivity contribution is 7.99. The molecule has 164 valence electrons. The molecule has 1 saturated heterocycles. The Morgan fingerprint density at radius 3 is 2.73 bits per heavy atom. The quantitative estimate of drug-likeness (QED) is 0.327. The van der Waals surface area contributed by atoms with Crippen molar-refractivity contribution >= 4 is 40.5 Å². The maximum Gasteiger partial charge on any atom is 0.306 e. The lowest BCUT2D eigenvalue weighted by Gasteiger charge is -2.18. The second-order valence-corrected chi connectivity index (χ2v) is 8.19. The Hall–Kier alpha value is -2.36. The summed E-state index contributed by atoms with van der Waals surface area (Å²) in [6, 6.07) is 0. The van der Waals surface area contributed by atoms with E-state index >= 15 is 0 Å². The van der Waals surface area contributed by atoms with Gasteiger partial charge in [0.2, 0.25) is 5.91 Å². The average molecular weight is 435 g/mol. The topological polar surface area (TPSA) is 102 Å². The standard InChI is InChI=1S/C20H30N6O3S/c1-3-13-30-20-23-18(25-10-5-6-11-25)15-14-22-26(19(15)24-20)12-9-21-16(27)7-8-17(28)29-4-2/h14H,3-13H2,1-2H3,(H,21,27). The first kappa shape index (κ1) is 22.3. The van der Waals surface area contributed by atoms with Crippen LogP contribution >= 0.6 is 11.8 Å². The molecule has 3 rings (SSSR count). The number of hydrogen-bond donors (Lipinski definition) is 1. The number of carbonyl (C=O) groups is 2. The summed E-state index contributed by atoms with van der Waals surface area (Å²) in [5.41, 5.74) is 0.797. The van der Waals surface area contributed by atoms with Crippen LogP contribution in [-0.4, -0.2) is 63.6 Å². The number of nitrogens with zero attached hydrogens (tertiary/aromatic N) is 5. The van der Waals surface area contributed by atoms with Crippen LogP contribution in [0.15, 0.2) is 11.4 Å². The molecule has 0 aliphatic carbocycles. The number of aromatic nitrogens is 4. The van der Waals surface area contributed by atoms with Crippen molar-refractivity contribution in [2.45, 2.75) is 57.7 Å². The van der Waals surface area contributed by atoms with Crippen LogP contribution in [0, 0.1) is 0 Å². The molecule has 2 aromatic heterocycles. The third-order valence-corrected chi connectivity index (χ3v) is 5.86. The molecule has 1 aliphatic rings. The Kier molecular flexibility index (Phi) is 8.30. The van der Waals surface area contributed by atoms with Gasteiger partial charge in [-0.15, -0.1) is 0 Å². The molecule has 1 N–H and O–H groups in total. The third-order valence-electron chi connectivity index (χ3n) is 4.80. The molecule has 3 heterocycles. The zero-order valence-corrected chi connectivity index (χ0v) is 18.5. The lowest BCUT2D eigenvalue weighted by Crippen LogP contribution is -2.28. The van der Waals surface area contributed by atoms with E-state index in [-0.39, 0.29) is 24.7 Å². The van der Waals surface area contributed by atoms with E-state index in [9.17, 15) is 9.59 Å². The van der Waals surface area contributed by atoms with Gasteiger partial charge in [-0.3, -0.25) is 9.59 Å². The fourth-order valence-corrected chi connectivity index (χ4v) is 4.04. The Morgan fingerprint density at radius 1 is 1.20 bits per heavy atom. The summed E-state index contributed by atoms with van der Waals surface area (Å²) < 4.78 is 6.66. The molecule has 10 heteroatoms. The summed E-state index contributed by atoms with van der Waals surface area (Å²) in [6.45, 7) is 7.14. The van der Waals surface area contributed by atoms with E-state index in [2.05, 4.69) is 22.2 Å². The van der Waals surface area contributed by atoms with Gasteiger partial charge in [0.25, 0.3) is 0 Å². The number of carbonyl (C=O) groups excluding carboxylic acids is 2. The number of hydrogen-bond acceptors (Lipinski definition) is 8. The molecule has 0 radical (unpaired) electrons. The lowest BCUT2D eigenvalue weighted by molar-refractivity contribution is -0.144. The van der Waals surface area contributed by atoms with Crippen molar-refractivity contribution in [3.63, 3.8) is 0 Å². The lowest BCUT2D eigenvalue weighted by atomic mass is 10.3. The zero-order valence-electron chi connectivity index (χ0n) is 17.7. The summed E-state index contributed by atoms with van der Waals surface area (Å²) in [6.07, 6.45) is 5.44. The summed E-state index contributed by atoms with van der Waals surface area (Å²) in [5.74, 6) is 1.40. The normalized spacial score (nSPS) is 13.7. The van der Waals surface area contributed by atoms with Gasteiger partial charge >= 0.3 is 5.97 Å². The van der Waals surface area contributed by atoms with Gasteiger partial charge in [-0.25, -0.2) is 14.6 Å². The number of thioether (sulfide) groups is 1. The molecule has 0 bridgehead atoms. The van der Waals surface area contributed by atoms with Gasteiger partial charge in [-0.05, 0) is 26.2 Å². The summed E-state index contributed by atoms with van der Waals surface area (Å²) in [5, 5.41) is 9.05. The van der Waals surface area contributed by atoms with E-state index in [0.717, 1.165) is 47.3 Å². The van der Waals surface area contributed by atoms with Crippen LogP contribution in [0.4, 0.5) is 5.82 Å². The summed E-state index contributed by atoms with van der Waals surface area (Å²) in [4.78, 5) is 35.2. The van der Waals surface area contributed by atoms with Gasteiger partial charge in [-0.2, -0.15) is 5.10 Å². The molecule has 0 aromatic carbocycles. The Bertz CT molecular complexity index is 866. The number of esters is 1. The molecule has 0 saturated carbocycles. The van der Waals surface area contributed by atoms with Crippen LogP contribution in [0.3, 0.4) is 0 Å². The SMILES string of the molecule is CCCSc1nc(N2CCCC2)c2cnn(CCNC(=O)CCC(=O)OCC)c2n1. The van der Waals surface area contributed by atoms with Crippen LogP contribution in [0.2, 0.25) is 0 Å². The molecule has 0 unspecified atom stereocenters. The van der Waals surface area contributed by atoms with E-state index in [1.807, 2.05) is 10.9 Å². The van der Waals surface area contributed by atoms with Crippen molar-refractivity contribution in [3.05, 3.63) is 6.20 Å². The van der Waals surface area contributed by atoms with Gasteiger partial charge in [0.05, 0.1) is 31.2 Å². The second kappa shape index (κ2) is 11.1. The fraction of sp³-hybridized carbons (Fsp3) is 0.650. The molecular formula is C20H30N6O3S. The molecule has 1 amide bonds. The molecule has 0 atom stereocenters. The minimum atomic E-state index is -0.353. The largest absolute Gasteiger partial charge is 0.466 e. The van der Waals surface area contributed by atoms with Crippen LogP contribution in [-0.2, 0) is 20.9 Å². The van der Waals surface area contributed by atoms with Gasteiger partial charge in [0.15, 0.2) is 10.8 Å². The van der Waals surface area contributed by atoms with E-state index in [4.69, 9.17) is 14.7 Å². The minimum absolute atomic E-state index is 0.0921. The monoisotopic (exact) mass is 434 g/mol. The number of amides is 1. The van der Waals surface area contributed by atoms with Crippen molar-refractivity contribution < 1.29 is 14.3 Å². The Labute approximate surface area is 180 Å². The number of rotatable bonds is 11. The predicted molar refractivity (Wildman–Crippen MR) is 117 cm³/mol.